The van der Waals surface area contributed by atoms with Crippen LogP contribution in [0.15, 0.2) is 0 Å². The highest BCUT2D eigenvalue weighted by molar-refractivity contribution is 5.83. The summed E-state index contributed by atoms with van der Waals surface area (Å²) in [5, 5.41) is 3.23. The Morgan fingerprint density at radius 3 is 1.88 bits per heavy atom. The Bertz CT molecular complexity index is 341. The molecule has 1 unspecified atom stereocenters. The molecule has 0 saturated heterocycles. The molecule has 0 aromatic carbocycles. The van der Waals surface area contributed by atoms with E-state index in [2.05, 4.69) is 46.9 Å². The third-order valence-corrected chi connectivity index (χ3v) is 5.21. The van der Waals surface area contributed by atoms with E-state index in [1.54, 1.807) is 0 Å². The standard InChI is InChI=1S/C14H26N2O/c1-12(2)7-8(12)9(17)16-11-13(3,4)10(15)14(11,5)6/h8,10-11H,7,15H2,1-6H3,(H,16,17). The molecule has 0 spiro atoms. The predicted octanol–water partition coefficient (Wildman–Crippen LogP) is 1.91. The Balaban J connectivity index is 2.03. The van der Waals surface area contributed by atoms with Crippen molar-refractivity contribution in [1.29, 1.82) is 0 Å². The van der Waals surface area contributed by atoms with Gasteiger partial charge in [-0.25, -0.2) is 0 Å². The minimum absolute atomic E-state index is 0.00179. The normalized spacial score (nSPS) is 40.3. The van der Waals surface area contributed by atoms with E-state index in [4.69, 9.17) is 5.73 Å². The lowest BCUT2D eigenvalue weighted by atomic mass is 9.48. The average molecular weight is 238 g/mol. The maximum Gasteiger partial charge on any atom is 0.223 e. The van der Waals surface area contributed by atoms with Crippen molar-refractivity contribution in [3.05, 3.63) is 0 Å². The summed E-state index contributed by atoms with van der Waals surface area (Å²) in [7, 11) is 0. The van der Waals surface area contributed by atoms with Gasteiger partial charge in [0.05, 0.1) is 0 Å². The van der Waals surface area contributed by atoms with E-state index < -0.39 is 0 Å². The quantitative estimate of drug-likeness (QED) is 0.772. The maximum absolute atomic E-state index is 12.2. The van der Waals surface area contributed by atoms with Crippen LogP contribution in [-0.4, -0.2) is 18.0 Å². The number of hydrogen-bond acceptors (Lipinski definition) is 2. The largest absolute Gasteiger partial charge is 0.352 e. The van der Waals surface area contributed by atoms with Gasteiger partial charge in [0.2, 0.25) is 5.91 Å². The van der Waals surface area contributed by atoms with Crippen LogP contribution in [-0.2, 0) is 4.79 Å². The fourth-order valence-electron chi connectivity index (χ4n) is 3.71. The second-order valence-corrected chi connectivity index (χ2v) is 7.81. The fraction of sp³-hybridized carbons (Fsp3) is 0.929. The second kappa shape index (κ2) is 3.25. The molecule has 2 aliphatic rings. The van der Waals surface area contributed by atoms with Crippen molar-refractivity contribution < 1.29 is 4.79 Å². The molecule has 0 aromatic heterocycles. The van der Waals surface area contributed by atoms with Crippen LogP contribution >= 0.6 is 0 Å². The van der Waals surface area contributed by atoms with Gasteiger partial charge in [0.25, 0.3) is 0 Å². The average Bonchev–Trinajstić information content (AvgIpc) is 2.82. The fourth-order valence-corrected chi connectivity index (χ4v) is 3.71. The Hall–Kier alpha value is -0.570. The SMILES string of the molecule is CC1(C)CC1C(=O)NC1C(C)(C)C(N)C1(C)C. The molecule has 0 heterocycles. The minimum Gasteiger partial charge on any atom is -0.352 e. The first kappa shape index (κ1) is 12.9. The Labute approximate surface area is 105 Å². The molecule has 0 radical (unpaired) electrons. The molecule has 0 bridgehead atoms. The molecule has 3 N–H and O–H groups in total. The zero-order valence-corrected chi connectivity index (χ0v) is 11.9. The molecule has 3 nitrogen and oxygen atoms in total. The third kappa shape index (κ3) is 1.70. The zero-order chi connectivity index (χ0) is 13.2. The molecular weight excluding hydrogens is 212 g/mol. The van der Waals surface area contributed by atoms with Crippen LogP contribution in [0.5, 0.6) is 0 Å². The van der Waals surface area contributed by atoms with Crippen molar-refractivity contribution in [2.45, 2.75) is 60.0 Å². The van der Waals surface area contributed by atoms with Crippen LogP contribution < -0.4 is 11.1 Å². The zero-order valence-electron chi connectivity index (χ0n) is 11.9. The lowest BCUT2D eigenvalue weighted by Gasteiger charge is -2.63. The van der Waals surface area contributed by atoms with Gasteiger partial charge in [0.15, 0.2) is 0 Å². The van der Waals surface area contributed by atoms with Gasteiger partial charge in [0, 0.05) is 28.8 Å². The van der Waals surface area contributed by atoms with Crippen molar-refractivity contribution in [3.8, 4) is 0 Å². The van der Waals surface area contributed by atoms with Gasteiger partial charge < -0.3 is 11.1 Å². The molecule has 3 heteroatoms. The van der Waals surface area contributed by atoms with E-state index in [1.807, 2.05) is 0 Å². The van der Waals surface area contributed by atoms with Crippen molar-refractivity contribution in [1.82, 2.24) is 5.32 Å². The number of carbonyl (C=O) groups excluding carboxylic acids is 1. The first-order valence-corrected chi connectivity index (χ1v) is 6.57. The number of nitrogens with two attached hydrogens (primary N) is 1. The van der Waals surface area contributed by atoms with Gasteiger partial charge in [-0.2, -0.15) is 0 Å². The molecule has 98 valence electrons. The molecule has 0 aliphatic heterocycles. The van der Waals surface area contributed by atoms with Gasteiger partial charge >= 0.3 is 0 Å². The summed E-state index contributed by atoms with van der Waals surface area (Å²) in [6.07, 6.45) is 1.01. The monoisotopic (exact) mass is 238 g/mol. The molecule has 1 atom stereocenters. The lowest BCUT2D eigenvalue weighted by molar-refractivity contribution is -0.134. The third-order valence-electron chi connectivity index (χ3n) is 5.21. The van der Waals surface area contributed by atoms with Crippen LogP contribution in [0.3, 0.4) is 0 Å². The van der Waals surface area contributed by atoms with E-state index in [-0.39, 0.29) is 40.2 Å². The van der Waals surface area contributed by atoms with Crippen molar-refractivity contribution in [2.24, 2.45) is 27.9 Å². The molecule has 2 rings (SSSR count). The first-order valence-electron chi connectivity index (χ1n) is 6.57. The molecule has 17 heavy (non-hydrogen) atoms. The first-order chi connectivity index (χ1) is 7.51. The topological polar surface area (TPSA) is 55.1 Å². The highest BCUT2D eigenvalue weighted by Crippen LogP contribution is 2.55. The highest BCUT2D eigenvalue weighted by Gasteiger charge is 2.61. The van der Waals surface area contributed by atoms with Crippen LogP contribution in [0, 0.1) is 22.2 Å². The molecule has 2 saturated carbocycles. The summed E-state index contributed by atoms with van der Waals surface area (Å²) >= 11 is 0. The van der Waals surface area contributed by atoms with Gasteiger partial charge in [0.1, 0.15) is 0 Å². The lowest BCUT2D eigenvalue weighted by Crippen LogP contribution is -2.76. The highest BCUT2D eigenvalue weighted by atomic mass is 16.2. The minimum atomic E-state index is -0.00179. The Morgan fingerprint density at radius 1 is 1.12 bits per heavy atom. The smallest absolute Gasteiger partial charge is 0.223 e. The van der Waals surface area contributed by atoms with Crippen molar-refractivity contribution in [3.63, 3.8) is 0 Å². The maximum atomic E-state index is 12.2. The summed E-state index contributed by atoms with van der Waals surface area (Å²) in [4.78, 5) is 12.2. The number of carbonyl (C=O) groups is 1. The van der Waals surface area contributed by atoms with Gasteiger partial charge in [-0.1, -0.05) is 41.5 Å². The number of amides is 1. The van der Waals surface area contributed by atoms with Gasteiger partial charge in [-0.15, -0.1) is 0 Å². The summed E-state index contributed by atoms with van der Waals surface area (Å²) in [5.74, 6) is 0.416. The van der Waals surface area contributed by atoms with Crippen LogP contribution in [0.4, 0.5) is 0 Å². The van der Waals surface area contributed by atoms with E-state index in [9.17, 15) is 4.79 Å². The van der Waals surface area contributed by atoms with E-state index in [0.717, 1.165) is 6.42 Å². The van der Waals surface area contributed by atoms with Crippen molar-refractivity contribution in [2.75, 3.05) is 0 Å². The predicted molar refractivity (Wildman–Crippen MR) is 69.4 cm³/mol. The molecular formula is C14H26N2O. The van der Waals surface area contributed by atoms with E-state index >= 15 is 0 Å². The number of nitrogens with one attached hydrogen (secondary N) is 1. The Kier molecular flexibility index (Phi) is 2.46. The molecule has 0 aromatic rings. The summed E-state index contributed by atoms with van der Waals surface area (Å²) in [6, 6.07) is 0.335. The van der Waals surface area contributed by atoms with Gasteiger partial charge in [-0.3, -0.25) is 4.79 Å². The van der Waals surface area contributed by atoms with Crippen LogP contribution in [0.2, 0.25) is 0 Å². The van der Waals surface area contributed by atoms with E-state index in [0.29, 0.717) is 0 Å². The molecule has 1 amide bonds. The second-order valence-electron chi connectivity index (χ2n) is 7.81. The van der Waals surface area contributed by atoms with Crippen LogP contribution in [0.1, 0.15) is 48.0 Å². The summed E-state index contributed by atoms with van der Waals surface area (Å²) in [6.45, 7) is 12.9. The number of hydrogen-bond donors (Lipinski definition) is 2. The van der Waals surface area contributed by atoms with Crippen LogP contribution in [0.25, 0.3) is 0 Å². The Morgan fingerprint density at radius 2 is 1.53 bits per heavy atom. The van der Waals surface area contributed by atoms with Gasteiger partial charge in [-0.05, 0) is 11.8 Å². The number of rotatable bonds is 2. The summed E-state index contributed by atoms with van der Waals surface area (Å²) < 4.78 is 0. The van der Waals surface area contributed by atoms with Crippen molar-refractivity contribution >= 4 is 5.91 Å². The molecule has 2 fully saturated rings. The molecule has 2 aliphatic carbocycles. The summed E-state index contributed by atoms with van der Waals surface area (Å²) in [5.41, 5.74) is 6.39. The van der Waals surface area contributed by atoms with E-state index in [1.165, 1.54) is 0 Å².